The van der Waals surface area contributed by atoms with Gasteiger partial charge in [-0.3, -0.25) is 0 Å². The minimum absolute atomic E-state index is 0.0842. The lowest BCUT2D eigenvalue weighted by molar-refractivity contribution is 1.07. The molecule has 0 saturated heterocycles. The van der Waals surface area contributed by atoms with Gasteiger partial charge in [-0.1, -0.05) is 224 Å². The van der Waals surface area contributed by atoms with Crippen LogP contribution < -0.4 is 20.7 Å². The van der Waals surface area contributed by atoms with Crippen molar-refractivity contribution >= 4 is 82.1 Å². The lowest BCUT2D eigenvalue weighted by Gasteiger charge is -2.34. The molecule has 3 aromatic heterocycles. The lowest BCUT2D eigenvalue weighted by Crippen LogP contribution is -2.74. The van der Waals surface area contributed by atoms with Crippen LogP contribution in [-0.2, 0) is 0 Å². The fraction of sp³-hybridized carbons (Fsp3) is 0. The molecule has 13 aromatic rings. The van der Waals surface area contributed by atoms with Gasteiger partial charge in [0.05, 0.1) is 42.6 Å². The summed E-state index contributed by atoms with van der Waals surface area (Å²) >= 11 is 0.705. The van der Waals surface area contributed by atoms with Gasteiger partial charge in [-0.05, 0) is 56.5 Å². The Bertz CT molecular complexity index is 5230. The first-order chi connectivity index (χ1) is 43.8. The highest BCUT2D eigenvalue weighted by Crippen LogP contribution is 2.43. The Morgan fingerprint density at radius 2 is 0.899 bits per heavy atom. The van der Waals surface area contributed by atoms with Crippen LogP contribution in [0.1, 0.15) is 31.5 Å². The van der Waals surface area contributed by atoms with Crippen molar-refractivity contribution in [2.24, 2.45) is 0 Å². The van der Waals surface area contributed by atoms with E-state index in [0.717, 1.165) is 25.3 Å². The van der Waals surface area contributed by atoms with Gasteiger partial charge in [0, 0.05) is 58.9 Å². The second-order valence-electron chi connectivity index (χ2n) is 15.8. The van der Waals surface area contributed by atoms with Crippen LogP contribution in [0.15, 0.2) is 254 Å². The van der Waals surface area contributed by atoms with Crippen LogP contribution in [0.3, 0.4) is 0 Å². The lowest BCUT2D eigenvalue weighted by atomic mass is 9.97. The van der Waals surface area contributed by atoms with Gasteiger partial charge >= 0.3 is 0 Å². The molecular formula is C63H42N4SSi. The SMILES string of the molecule is [2H]c1c([2H])c([2H])c(-c2c([2H])c([2H])c([2H])c3c2sc2c([2H])c([2H])c([2H])c([2H])c23)c(-c2nc(-c3cccc([Si](c4ccccc4)(c4ccccc4)c4ccccc4)c3)nc(-c3c([2H])c([2H])c([2H])c(-n4c5c([2H])c([2H])c([2H])c([2H])c5c5c([2H])c([2H])c([2H])c([2H])c54)c3[2H])n2)c1[2H]. The third kappa shape index (κ3) is 6.83. The highest BCUT2D eigenvalue weighted by atomic mass is 32.1. The molecule has 0 N–H and O–H groups in total. The van der Waals surface area contributed by atoms with Gasteiger partial charge in [0.15, 0.2) is 25.5 Å². The number of rotatable bonds is 9. The van der Waals surface area contributed by atoms with Crippen molar-refractivity contribution in [2.75, 3.05) is 0 Å². The highest BCUT2D eigenvalue weighted by Gasteiger charge is 2.41. The summed E-state index contributed by atoms with van der Waals surface area (Å²) in [4.78, 5) is 14.8. The molecule has 0 radical (unpaired) electrons. The maximum atomic E-state index is 10.2. The van der Waals surface area contributed by atoms with E-state index in [4.69, 9.17) is 30.0 Å². The number of hydrogen-bond donors (Lipinski definition) is 0. The van der Waals surface area contributed by atoms with E-state index in [9.17, 15) is 16.4 Å². The van der Waals surface area contributed by atoms with E-state index >= 15 is 0 Å². The molecule has 3 heterocycles. The van der Waals surface area contributed by atoms with E-state index in [1.807, 2.05) is 103 Å². The molecule has 0 aliphatic carbocycles. The number of benzene rings is 10. The second-order valence-corrected chi connectivity index (χ2v) is 20.6. The van der Waals surface area contributed by atoms with Crippen LogP contribution in [0.5, 0.6) is 0 Å². The molecule has 0 saturated carbocycles. The molecule has 0 spiro atoms. The van der Waals surface area contributed by atoms with Gasteiger partial charge in [0.25, 0.3) is 0 Å². The maximum Gasteiger partial charge on any atom is 0.179 e. The minimum atomic E-state index is -3.41. The van der Waals surface area contributed by atoms with Gasteiger partial charge in [-0.2, -0.15) is 0 Å². The molecule has 6 heteroatoms. The largest absolute Gasteiger partial charge is 0.309 e. The summed E-state index contributed by atoms with van der Waals surface area (Å²) < 4.78 is 212. The molecule has 69 heavy (non-hydrogen) atoms. The summed E-state index contributed by atoms with van der Waals surface area (Å²) in [7, 11) is -3.41. The monoisotopic (exact) mass is 937 g/mol. The maximum absolute atomic E-state index is 10.2. The number of nitrogens with zero attached hydrogens (tertiary/aromatic N) is 4. The van der Waals surface area contributed by atoms with Crippen LogP contribution in [0, 0.1) is 0 Å². The van der Waals surface area contributed by atoms with Gasteiger partial charge in [0.2, 0.25) is 0 Å². The summed E-state index contributed by atoms with van der Waals surface area (Å²) in [5.74, 6) is -1.57. The zero-order valence-corrected chi connectivity index (χ0v) is 37.5. The molecule has 0 unspecified atom stereocenters. The average molecular weight is 938 g/mol. The zero-order chi connectivity index (χ0) is 65.7. The third-order valence-corrected chi connectivity index (χ3v) is 17.9. The van der Waals surface area contributed by atoms with Crippen molar-refractivity contribution in [3.8, 4) is 51.0 Å². The Labute approximate surface area is 437 Å². The molecule has 0 bridgehead atoms. The van der Waals surface area contributed by atoms with Crippen LogP contribution in [0.25, 0.3) is 93.0 Å². The Morgan fingerprint density at radius 3 is 1.57 bits per heavy atom. The Morgan fingerprint density at radius 1 is 0.391 bits per heavy atom. The average Bonchev–Trinajstić information content (AvgIpc) is 1.49. The zero-order valence-electron chi connectivity index (χ0n) is 58.7. The Balaban J connectivity index is 1.20. The first-order valence-electron chi connectivity index (χ1n) is 33.0. The first-order valence-corrected chi connectivity index (χ1v) is 24.3. The Hall–Kier alpha value is -8.55. The predicted octanol–water partition coefficient (Wildman–Crippen LogP) is 13.4. The topological polar surface area (TPSA) is 43.6 Å². The molecule has 4 nitrogen and oxygen atoms in total. The predicted molar refractivity (Wildman–Crippen MR) is 292 cm³/mol. The van der Waals surface area contributed by atoms with E-state index in [0.29, 0.717) is 11.3 Å². The fourth-order valence-electron chi connectivity index (χ4n) is 9.06. The van der Waals surface area contributed by atoms with Crippen molar-refractivity contribution in [1.82, 2.24) is 19.5 Å². The van der Waals surface area contributed by atoms with Crippen molar-refractivity contribution in [3.05, 3.63) is 254 Å². The van der Waals surface area contributed by atoms with Crippen LogP contribution in [-0.4, -0.2) is 27.6 Å². The molecule has 0 amide bonds. The van der Waals surface area contributed by atoms with Crippen LogP contribution in [0.2, 0.25) is 0 Å². The van der Waals surface area contributed by atoms with E-state index in [1.165, 1.54) is 0 Å². The number of thiophene rings is 1. The summed E-state index contributed by atoms with van der Waals surface area (Å²) in [6, 6.07) is 18.9. The smallest absolute Gasteiger partial charge is 0.179 e. The number of hydrogen-bond acceptors (Lipinski definition) is 4. The number of para-hydroxylation sites is 2. The molecular weight excluding hydrogens is 873 g/mol. The standard InChI is InChI=1S/C63H42N4SSi/c1-4-24-46(25-5-1)69(47-26-6-2-7-27-47,48-28-8-3-9-29-48)49-30-19-22-44(42-49)62-64-61(43-21-18-23-45(41-43)67-57-38-15-12-32-51(57)52-33-13-16-39-58(52)67)65-63(66-62)56-35-11-10-31-50(56)54-36-20-37-55-53-34-14-17-40-59(53)68-60(54)55/h1-42H/i10D,11D,12D,13D,14D,15D,16D,17D,18D,20D,21D,23D,31D,32D,33D,34D,35D,36D,37D,38D,39D,40D,41D. The first kappa shape index (κ1) is 23.4. The summed E-state index contributed by atoms with van der Waals surface area (Å²) in [6.45, 7) is 0. The molecule has 0 fully saturated rings. The minimum Gasteiger partial charge on any atom is -0.309 e. The number of aromatic nitrogens is 4. The van der Waals surface area contributed by atoms with Crippen molar-refractivity contribution in [1.29, 1.82) is 0 Å². The highest BCUT2D eigenvalue weighted by molar-refractivity contribution is 7.26. The van der Waals surface area contributed by atoms with Gasteiger partial charge < -0.3 is 4.57 Å². The molecule has 10 aromatic carbocycles. The van der Waals surface area contributed by atoms with E-state index in [2.05, 4.69) is 0 Å². The summed E-state index contributed by atoms with van der Waals surface area (Å²) in [5, 5.41) is 2.42. The fourth-order valence-corrected chi connectivity index (χ4v) is 14.9. The van der Waals surface area contributed by atoms with Crippen molar-refractivity contribution in [2.45, 2.75) is 0 Å². The molecule has 13 rings (SSSR count). The van der Waals surface area contributed by atoms with Gasteiger partial charge in [-0.15, -0.1) is 11.3 Å². The van der Waals surface area contributed by atoms with E-state index < -0.39 is 208 Å². The Kier molecular flexibility index (Phi) is 5.76. The molecule has 0 aliphatic rings. The van der Waals surface area contributed by atoms with E-state index in [-0.39, 0.29) is 31.6 Å². The third-order valence-electron chi connectivity index (χ3n) is 12.0. The molecule has 0 aliphatic heterocycles. The number of fused-ring (bicyclic) bond motifs is 6. The van der Waals surface area contributed by atoms with Crippen molar-refractivity contribution in [3.63, 3.8) is 0 Å². The van der Waals surface area contributed by atoms with Crippen LogP contribution >= 0.6 is 11.3 Å². The van der Waals surface area contributed by atoms with E-state index in [1.54, 1.807) is 12.1 Å². The molecule has 0 atom stereocenters. The van der Waals surface area contributed by atoms with Crippen molar-refractivity contribution < 1.29 is 31.5 Å². The van der Waals surface area contributed by atoms with Crippen LogP contribution in [0.4, 0.5) is 0 Å². The molecule has 324 valence electrons. The normalized spacial score (nSPS) is 16.4. The summed E-state index contributed by atoms with van der Waals surface area (Å²) in [5.41, 5.74) is -3.71. The van der Waals surface area contributed by atoms with Gasteiger partial charge in [0.1, 0.15) is 0 Å². The summed E-state index contributed by atoms with van der Waals surface area (Å²) in [6.07, 6.45) is 0. The second kappa shape index (κ2) is 17.0. The quantitative estimate of drug-likeness (QED) is 0.107. The van der Waals surface area contributed by atoms with Gasteiger partial charge in [-0.25, -0.2) is 15.0 Å².